The summed E-state index contributed by atoms with van der Waals surface area (Å²) in [6.45, 7) is 8.03. The van der Waals surface area contributed by atoms with Crippen molar-refractivity contribution < 1.29 is 8.94 Å². The molecule has 1 unspecified atom stereocenters. The summed E-state index contributed by atoms with van der Waals surface area (Å²) in [5.41, 5.74) is 6.85. The normalized spacial score (nSPS) is 20.2. The molecule has 4 aromatic rings. The molecule has 2 heterocycles. The van der Waals surface area contributed by atoms with E-state index in [0.29, 0.717) is 6.54 Å². The molecule has 0 saturated carbocycles. The quantitative estimate of drug-likeness (QED) is 0.259. The van der Waals surface area contributed by atoms with Gasteiger partial charge in [-0.15, -0.1) is 4.31 Å². The minimum Gasteiger partial charge on any atom is -0.593 e. The zero-order chi connectivity index (χ0) is 27.2. The Kier molecular flexibility index (Phi) is 6.74. The van der Waals surface area contributed by atoms with E-state index < -0.39 is 11.4 Å². The molecule has 0 bridgehead atoms. The number of nitrogens with zero attached hydrogens (tertiary/aromatic N) is 3. The van der Waals surface area contributed by atoms with Crippen LogP contribution in [0.15, 0.2) is 95.5 Å². The van der Waals surface area contributed by atoms with E-state index in [0.717, 1.165) is 42.1 Å². The van der Waals surface area contributed by atoms with Gasteiger partial charge >= 0.3 is 0 Å². The van der Waals surface area contributed by atoms with Gasteiger partial charge in [-0.2, -0.15) is 5.10 Å². The monoisotopic (exact) mass is 539 g/mol. The van der Waals surface area contributed by atoms with Gasteiger partial charge in [0.25, 0.3) is 0 Å². The Morgan fingerprint density at radius 3 is 2.38 bits per heavy atom. The molecule has 2 aliphatic rings. The first-order chi connectivity index (χ1) is 18.7. The Balaban J connectivity index is 1.34. The highest BCUT2D eigenvalue weighted by Crippen LogP contribution is 2.47. The zero-order valence-corrected chi connectivity index (χ0v) is 23.5. The molecule has 200 valence electrons. The van der Waals surface area contributed by atoms with E-state index in [1.807, 2.05) is 29.1 Å². The highest BCUT2D eigenvalue weighted by Gasteiger charge is 2.46. The highest BCUT2D eigenvalue weighted by atomic mass is 32.2. The first-order valence-electron chi connectivity index (χ1n) is 13.6. The third-order valence-corrected chi connectivity index (χ3v) is 9.59. The van der Waals surface area contributed by atoms with Gasteiger partial charge in [0, 0.05) is 12.0 Å². The lowest BCUT2D eigenvalue weighted by Crippen LogP contribution is -2.50. The summed E-state index contributed by atoms with van der Waals surface area (Å²) in [5, 5.41) is 4.70. The topological polar surface area (TPSA) is 44.1 Å². The molecule has 6 rings (SSSR count). The van der Waals surface area contributed by atoms with E-state index >= 15 is 0 Å². The number of piperidine rings is 1. The van der Waals surface area contributed by atoms with Crippen LogP contribution in [-0.4, -0.2) is 31.7 Å². The Morgan fingerprint density at radius 1 is 0.974 bits per heavy atom. The van der Waals surface area contributed by atoms with Gasteiger partial charge in [0.2, 0.25) is 0 Å². The van der Waals surface area contributed by atoms with Gasteiger partial charge in [0.05, 0.1) is 35.5 Å². The molecule has 1 aliphatic heterocycles. The number of hydrogen-bond acceptors (Lipinski definition) is 3. The van der Waals surface area contributed by atoms with Crippen LogP contribution in [0.3, 0.4) is 0 Å². The van der Waals surface area contributed by atoms with Crippen LogP contribution in [0.5, 0.6) is 0 Å². The lowest BCUT2D eigenvalue weighted by Gasteiger charge is -2.46. The molecule has 1 fully saturated rings. The second-order valence-corrected chi connectivity index (χ2v) is 13.4. The predicted molar refractivity (Wildman–Crippen MR) is 156 cm³/mol. The fourth-order valence-corrected chi connectivity index (χ4v) is 7.29. The van der Waals surface area contributed by atoms with Crippen LogP contribution in [0.2, 0.25) is 0 Å². The van der Waals surface area contributed by atoms with Crippen molar-refractivity contribution in [1.29, 1.82) is 0 Å². The van der Waals surface area contributed by atoms with Gasteiger partial charge < -0.3 is 4.55 Å². The van der Waals surface area contributed by atoms with Crippen molar-refractivity contribution in [2.45, 2.75) is 50.3 Å². The van der Waals surface area contributed by atoms with Crippen LogP contribution < -0.4 is 0 Å². The summed E-state index contributed by atoms with van der Waals surface area (Å²) in [7, 11) is 0. The predicted octanol–water partition coefficient (Wildman–Crippen LogP) is 6.91. The third kappa shape index (κ3) is 5.09. The Hall–Kier alpha value is -3.19. The van der Waals surface area contributed by atoms with E-state index in [-0.39, 0.29) is 16.6 Å². The Bertz CT molecular complexity index is 1490. The van der Waals surface area contributed by atoms with Crippen LogP contribution >= 0.6 is 0 Å². The molecule has 1 aromatic heterocycles. The van der Waals surface area contributed by atoms with E-state index in [1.54, 1.807) is 12.1 Å². The second kappa shape index (κ2) is 10.1. The minimum atomic E-state index is -1.24. The molecule has 4 nitrogen and oxygen atoms in total. The van der Waals surface area contributed by atoms with Crippen LogP contribution in [0, 0.1) is 11.2 Å². The highest BCUT2D eigenvalue weighted by molar-refractivity contribution is 7.89. The van der Waals surface area contributed by atoms with Crippen molar-refractivity contribution in [2.24, 2.45) is 5.41 Å². The fourth-order valence-electron chi connectivity index (χ4n) is 6.00. The summed E-state index contributed by atoms with van der Waals surface area (Å²) in [5.74, 6) is -0.256. The molecule has 2 atom stereocenters. The molecule has 0 radical (unpaired) electrons. The van der Waals surface area contributed by atoms with Crippen molar-refractivity contribution in [3.63, 3.8) is 0 Å². The first kappa shape index (κ1) is 26.1. The van der Waals surface area contributed by atoms with Crippen molar-refractivity contribution >= 4 is 17.4 Å². The number of hydrogen-bond donors (Lipinski definition) is 0. The fraction of sp³-hybridized carbons (Fsp3) is 0.303. The van der Waals surface area contributed by atoms with Crippen molar-refractivity contribution in [3.05, 3.63) is 119 Å². The Labute approximate surface area is 233 Å². The van der Waals surface area contributed by atoms with Crippen molar-refractivity contribution in [2.75, 3.05) is 13.1 Å². The molecule has 0 N–H and O–H groups in total. The maximum atomic E-state index is 13.9. The maximum absolute atomic E-state index is 13.9. The van der Waals surface area contributed by atoms with Gasteiger partial charge in [0.1, 0.15) is 5.82 Å². The first-order valence-corrected chi connectivity index (χ1v) is 14.7. The van der Waals surface area contributed by atoms with Crippen LogP contribution in [-0.2, 0) is 29.6 Å². The molecule has 3 aromatic carbocycles. The lowest BCUT2D eigenvalue weighted by molar-refractivity contribution is 0.209. The number of rotatable bonds is 5. The van der Waals surface area contributed by atoms with E-state index in [1.165, 1.54) is 34.4 Å². The summed E-state index contributed by atoms with van der Waals surface area (Å²) < 4.78 is 31.5. The number of aromatic nitrogens is 2. The second-order valence-electron chi connectivity index (χ2n) is 11.9. The minimum absolute atomic E-state index is 0.0583. The molecule has 39 heavy (non-hydrogen) atoms. The number of benzene rings is 3. The average Bonchev–Trinajstić information content (AvgIpc) is 3.33. The SMILES string of the molecule is CC(C)(C)c1ccc([S+]([O-])N2CCC3=Cc4c(cnn4-c4ccc(F)cc4)C[C@]3(Cc3ccccc3)C2)cc1. The smallest absolute Gasteiger partial charge is 0.174 e. The zero-order valence-electron chi connectivity index (χ0n) is 22.7. The molecular formula is C33H34FN3OS. The lowest BCUT2D eigenvalue weighted by atomic mass is 9.66. The van der Waals surface area contributed by atoms with Gasteiger partial charge in [-0.1, -0.05) is 68.8 Å². The van der Waals surface area contributed by atoms with Gasteiger partial charge in [-0.05, 0) is 83.8 Å². The third-order valence-electron chi connectivity index (χ3n) is 8.13. The van der Waals surface area contributed by atoms with Gasteiger partial charge in [0.15, 0.2) is 4.90 Å². The number of fused-ring (bicyclic) bond motifs is 2. The number of halogens is 1. The van der Waals surface area contributed by atoms with Crippen LogP contribution in [0.1, 0.15) is 49.6 Å². The van der Waals surface area contributed by atoms with E-state index in [2.05, 4.69) is 67.6 Å². The molecule has 1 aliphatic carbocycles. The Morgan fingerprint density at radius 2 is 1.69 bits per heavy atom. The molecule has 0 spiro atoms. The summed E-state index contributed by atoms with van der Waals surface area (Å²) >= 11 is -1.24. The van der Waals surface area contributed by atoms with Gasteiger partial charge in [-0.25, -0.2) is 9.07 Å². The van der Waals surface area contributed by atoms with Crippen LogP contribution in [0.4, 0.5) is 4.39 Å². The van der Waals surface area contributed by atoms with Crippen molar-refractivity contribution in [3.8, 4) is 5.69 Å². The molecule has 1 saturated heterocycles. The average molecular weight is 540 g/mol. The van der Waals surface area contributed by atoms with Crippen LogP contribution in [0.25, 0.3) is 11.8 Å². The largest absolute Gasteiger partial charge is 0.593 e. The van der Waals surface area contributed by atoms with Gasteiger partial charge in [-0.3, -0.25) is 0 Å². The van der Waals surface area contributed by atoms with E-state index in [4.69, 9.17) is 5.10 Å². The van der Waals surface area contributed by atoms with E-state index in [9.17, 15) is 8.94 Å². The molecule has 0 amide bonds. The summed E-state index contributed by atoms with van der Waals surface area (Å²) in [4.78, 5) is 0.853. The molecular weight excluding hydrogens is 505 g/mol. The molecule has 6 heteroatoms. The standard InChI is InChI=1S/C33H34FN3OS/c1-32(2,3)26-9-15-30(16-10-26)39(38)36-18-17-27-19-31-25(22-35-37(31)29-13-11-28(34)12-14-29)21-33(27,23-36)20-24-7-5-4-6-8-24/h4-16,19,22H,17-18,20-21,23H2,1-3H3/t33-,39?/m1/s1. The summed E-state index contributed by atoms with van der Waals surface area (Å²) in [6.07, 6.45) is 6.77. The summed E-state index contributed by atoms with van der Waals surface area (Å²) in [6, 6.07) is 25.3. The maximum Gasteiger partial charge on any atom is 0.174 e. The van der Waals surface area contributed by atoms with Crippen molar-refractivity contribution in [1.82, 2.24) is 14.1 Å².